The molecule has 26 heavy (non-hydrogen) atoms. The summed E-state index contributed by atoms with van der Waals surface area (Å²) < 4.78 is 11.9. The van der Waals surface area contributed by atoms with Crippen LogP contribution in [0.5, 0.6) is 5.75 Å². The van der Waals surface area contributed by atoms with Gasteiger partial charge in [0.05, 0.1) is 26.3 Å². The molecule has 0 aliphatic carbocycles. The molecule has 1 aromatic heterocycles. The number of nitrogens with one attached hydrogen (secondary N) is 2. The number of hydrogen-bond donors (Lipinski definition) is 2. The molecule has 0 bridgehead atoms. The first-order chi connectivity index (χ1) is 12.4. The Morgan fingerprint density at radius 1 is 1.23 bits per heavy atom. The van der Waals surface area contributed by atoms with E-state index >= 15 is 0 Å². The van der Waals surface area contributed by atoms with E-state index in [-0.39, 0.29) is 6.04 Å². The Morgan fingerprint density at radius 2 is 2.00 bits per heavy atom. The first-order valence-corrected chi connectivity index (χ1v) is 8.23. The highest BCUT2D eigenvalue weighted by molar-refractivity contribution is 6.39. The summed E-state index contributed by atoms with van der Waals surface area (Å²) in [5.41, 5.74) is 1.84. The van der Waals surface area contributed by atoms with Crippen LogP contribution in [0.3, 0.4) is 0 Å². The van der Waals surface area contributed by atoms with Gasteiger partial charge in [0.15, 0.2) is 5.82 Å². The fourth-order valence-corrected chi connectivity index (χ4v) is 2.44. The molecule has 2 aromatic rings. The van der Waals surface area contributed by atoms with Gasteiger partial charge in [-0.2, -0.15) is 5.10 Å². The third-order valence-electron chi connectivity index (χ3n) is 3.81. The third kappa shape index (κ3) is 5.06. The van der Waals surface area contributed by atoms with Crippen LogP contribution in [-0.2, 0) is 20.9 Å². The zero-order chi connectivity index (χ0) is 19.1. The summed E-state index contributed by atoms with van der Waals surface area (Å²) in [6, 6.07) is 6.90. The third-order valence-corrected chi connectivity index (χ3v) is 3.81. The number of amides is 2. The van der Waals surface area contributed by atoms with Crippen molar-refractivity contribution in [2.24, 2.45) is 0 Å². The highest BCUT2D eigenvalue weighted by Gasteiger charge is 2.20. The summed E-state index contributed by atoms with van der Waals surface area (Å²) in [7, 11) is 3.16. The van der Waals surface area contributed by atoms with Gasteiger partial charge in [-0.05, 0) is 19.9 Å². The molecule has 2 N–H and O–H groups in total. The molecule has 0 saturated carbocycles. The van der Waals surface area contributed by atoms with Gasteiger partial charge in [-0.3, -0.25) is 14.3 Å². The lowest BCUT2D eigenvalue weighted by Crippen LogP contribution is -2.37. The number of anilines is 1. The zero-order valence-corrected chi connectivity index (χ0v) is 15.4. The van der Waals surface area contributed by atoms with Crippen molar-refractivity contribution in [2.75, 3.05) is 26.1 Å². The smallest absolute Gasteiger partial charge is 0.314 e. The Hall–Kier alpha value is -2.87. The second kappa shape index (κ2) is 9.00. The van der Waals surface area contributed by atoms with Crippen molar-refractivity contribution in [3.63, 3.8) is 0 Å². The molecule has 1 aromatic carbocycles. The van der Waals surface area contributed by atoms with Gasteiger partial charge in [-0.25, -0.2) is 0 Å². The number of benzene rings is 1. The Balaban J connectivity index is 1.97. The van der Waals surface area contributed by atoms with Crippen molar-refractivity contribution in [1.29, 1.82) is 0 Å². The fourth-order valence-electron chi connectivity index (χ4n) is 2.44. The van der Waals surface area contributed by atoms with Gasteiger partial charge < -0.3 is 20.1 Å². The maximum absolute atomic E-state index is 12.2. The Labute approximate surface area is 152 Å². The van der Waals surface area contributed by atoms with Gasteiger partial charge >= 0.3 is 11.8 Å². The molecule has 140 valence electrons. The molecule has 0 aliphatic heterocycles. The lowest BCUT2D eigenvalue weighted by Gasteiger charge is -2.17. The maximum Gasteiger partial charge on any atom is 0.314 e. The average Bonchev–Trinajstić information content (AvgIpc) is 3.07. The molecule has 0 saturated heterocycles. The van der Waals surface area contributed by atoms with Crippen molar-refractivity contribution >= 4 is 17.6 Å². The van der Waals surface area contributed by atoms with E-state index in [4.69, 9.17) is 9.47 Å². The summed E-state index contributed by atoms with van der Waals surface area (Å²) in [6.45, 7) is 4.81. The van der Waals surface area contributed by atoms with E-state index in [0.29, 0.717) is 24.7 Å². The molecule has 0 radical (unpaired) electrons. The number of ether oxygens (including phenoxy) is 2. The topological polar surface area (TPSA) is 94.5 Å². The molecule has 8 nitrogen and oxygen atoms in total. The number of carbonyl (C=O) groups is 2. The molecule has 2 amide bonds. The van der Waals surface area contributed by atoms with Gasteiger partial charge in [-0.15, -0.1) is 0 Å². The molecule has 2 rings (SSSR count). The molecule has 1 atom stereocenters. The van der Waals surface area contributed by atoms with Crippen LogP contribution in [0.25, 0.3) is 0 Å². The van der Waals surface area contributed by atoms with E-state index in [1.165, 1.54) is 0 Å². The molecule has 8 heteroatoms. The van der Waals surface area contributed by atoms with E-state index in [1.807, 2.05) is 25.1 Å². The van der Waals surface area contributed by atoms with Gasteiger partial charge in [0, 0.05) is 24.9 Å². The minimum Gasteiger partial charge on any atom is -0.496 e. The molecule has 1 unspecified atom stereocenters. The molecule has 0 spiro atoms. The van der Waals surface area contributed by atoms with Crippen molar-refractivity contribution < 1.29 is 19.1 Å². The number of aromatic nitrogens is 2. The average molecular weight is 360 g/mol. The molecule has 0 fully saturated rings. The molecule has 1 heterocycles. The number of rotatable bonds is 7. The number of aryl methyl sites for hydroxylation is 1. The van der Waals surface area contributed by atoms with Crippen LogP contribution in [0, 0.1) is 6.92 Å². The van der Waals surface area contributed by atoms with Crippen LogP contribution >= 0.6 is 0 Å². The van der Waals surface area contributed by atoms with E-state index < -0.39 is 11.8 Å². The number of hydrogen-bond acceptors (Lipinski definition) is 5. The Morgan fingerprint density at radius 3 is 2.69 bits per heavy atom. The van der Waals surface area contributed by atoms with Crippen LogP contribution in [0.4, 0.5) is 5.82 Å². The van der Waals surface area contributed by atoms with Crippen molar-refractivity contribution in [1.82, 2.24) is 15.1 Å². The monoisotopic (exact) mass is 360 g/mol. The molecular formula is C18H24N4O4. The minimum absolute atomic E-state index is 0.307. The van der Waals surface area contributed by atoms with E-state index in [9.17, 15) is 9.59 Å². The summed E-state index contributed by atoms with van der Waals surface area (Å²) in [6.07, 6.45) is 1.70. The van der Waals surface area contributed by atoms with Crippen molar-refractivity contribution in [2.45, 2.75) is 26.4 Å². The predicted octanol–water partition coefficient (Wildman–Crippen LogP) is 1.66. The summed E-state index contributed by atoms with van der Waals surface area (Å²) in [5.74, 6) is -0.560. The first kappa shape index (κ1) is 19.5. The summed E-state index contributed by atoms with van der Waals surface area (Å²) in [4.78, 5) is 24.3. The maximum atomic E-state index is 12.2. The van der Waals surface area contributed by atoms with Gasteiger partial charge in [0.2, 0.25) is 0 Å². The van der Waals surface area contributed by atoms with Crippen molar-refractivity contribution in [3.8, 4) is 5.75 Å². The summed E-state index contributed by atoms with van der Waals surface area (Å²) >= 11 is 0. The number of methoxy groups -OCH3 is 2. The lowest BCUT2D eigenvalue weighted by molar-refractivity contribution is -0.136. The summed E-state index contributed by atoms with van der Waals surface area (Å²) in [5, 5.41) is 9.31. The number of carbonyl (C=O) groups excluding carboxylic acids is 2. The normalized spacial score (nSPS) is 11.7. The molecule has 0 aliphatic rings. The SMILES string of the molecule is COCCn1ccc(NC(=O)C(=O)NC(C)c2cc(C)ccc2OC)n1. The standard InChI is InChI=1S/C18H24N4O4/c1-12-5-6-15(26-4)14(11-12)13(2)19-17(23)18(24)20-16-7-8-22(21-16)9-10-25-3/h5-8,11,13H,9-10H2,1-4H3,(H,19,23)(H,20,21,24). The van der Waals surface area contributed by atoms with E-state index in [1.54, 1.807) is 38.1 Å². The van der Waals surface area contributed by atoms with E-state index in [2.05, 4.69) is 15.7 Å². The lowest BCUT2D eigenvalue weighted by atomic mass is 10.0. The minimum atomic E-state index is -0.777. The van der Waals surface area contributed by atoms with Crippen LogP contribution < -0.4 is 15.4 Å². The Bertz CT molecular complexity index is 772. The number of nitrogens with zero attached hydrogens (tertiary/aromatic N) is 2. The van der Waals surface area contributed by atoms with Gasteiger partial charge in [0.1, 0.15) is 5.75 Å². The quantitative estimate of drug-likeness (QED) is 0.733. The highest BCUT2D eigenvalue weighted by Crippen LogP contribution is 2.25. The molecular weight excluding hydrogens is 336 g/mol. The van der Waals surface area contributed by atoms with Crippen LogP contribution in [0.2, 0.25) is 0 Å². The van der Waals surface area contributed by atoms with E-state index in [0.717, 1.165) is 11.1 Å². The van der Waals surface area contributed by atoms with Crippen molar-refractivity contribution in [3.05, 3.63) is 41.6 Å². The Kier molecular flexibility index (Phi) is 6.74. The van der Waals surface area contributed by atoms with Crippen LogP contribution in [0.15, 0.2) is 30.5 Å². The highest BCUT2D eigenvalue weighted by atomic mass is 16.5. The predicted molar refractivity (Wildman–Crippen MR) is 97.0 cm³/mol. The second-order valence-electron chi connectivity index (χ2n) is 5.85. The first-order valence-electron chi connectivity index (χ1n) is 8.23. The van der Waals surface area contributed by atoms with Gasteiger partial charge in [-0.1, -0.05) is 17.7 Å². The van der Waals surface area contributed by atoms with Crippen LogP contribution in [0.1, 0.15) is 24.1 Å². The zero-order valence-electron chi connectivity index (χ0n) is 15.4. The van der Waals surface area contributed by atoms with Crippen LogP contribution in [-0.4, -0.2) is 42.4 Å². The largest absolute Gasteiger partial charge is 0.496 e. The second-order valence-corrected chi connectivity index (χ2v) is 5.85. The van der Waals surface area contributed by atoms with Gasteiger partial charge in [0.25, 0.3) is 0 Å². The fraction of sp³-hybridized carbons (Fsp3) is 0.389.